The predicted octanol–water partition coefficient (Wildman–Crippen LogP) is 2.38. The molecule has 1 rings (SSSR count). The molecule has 1 aromatic rings. The van der Waals surface area contributed by atoms with Crippen molar-refractivity contribution in [3.05, 3.63) is 29.8 Å². The minimum atomic E-state index is -0.978. The second-order valence-corrected chi connectivity index (χ2v) is 10.2. The molecule has 0 aliphatic heterocycles. The molecule has 2 atom stereocenters. The van der Waals surface area contributed by atoms with Gasteiger partial charge in [-0.15, -0.1) is 36.4 Å². The third-order valence-electron chi connectivity index (χ3n) is 3.99. The van der Waals surface area contributed by atoms with Gasteiger partial charge in [0, 0.05) is 11.5 Å². The van der Waals surface area contributed by atoms with Crippen molar-refractivity contribution in [2.75, 3.05) is 23.0 Å². The van der Waals surface area contributed by atoms with Crippen molar-refractivity contribution in [2.45, 2.75) is 45.1 Å². The number of alkyl carbamates (subject to hydrolysis) is 1. The van der Waals surface area contributed by atoms with E-state index in [0.29, 0.717) is 23.5 Å². The molecule has 0 aliphatic carbocycles. The zero-order valence-corrected chi connectivity index (χ0v) is 22.0. The molecule has 9 nitrogen and oxygen atoms in total. The Labute approximate surface area is 220 Å². The van der Waals surface area contributed by atoms with Crippen LogP contribution >= 0.6 is 23.5 Å². The van der Waals surface area contributed by atoms with Gasteiger partial charge in [0.05, 0.1) is 11.5 Å². The molecule has 1 aromatic carbocycles. The smallest absolute Gasteiger partial charge is 0.408 e. The maximum absolute atomic E-state index is 12.7. The first-order valence-corrected chi connectivity index (χ1v) is 13.1. The summed E-state index contributed by atoms with van der Waals surface area (Å²) in [7, 11) is 0. The molecule has 0 radical (unpaired) electrons. The van der Waals surface area contributed by atoms with Gasteiger partial charge in [0.2, 0.25) is 6.41 Å². The summed E-state index contributed by atoms with van der Waals surface area (Å²) in [6.45, 7) is 5.09. The standard InChI is InChI=1S/C25H30N2O7S2/c1-6-12-35-15-20(26-17-28)22(29)32-14-18-8-10-19(11-9-18)33-23(30)21(16-36-13-7-2)27-24(31)34-25(3,4)5/h1-2,8-11,17,20-21H,12-16H2,3-5H3,(H,26,28)(H,27,31). The Balaban J connectivity index is 2.70. The molecule has 0 spiro atoms. The number of esters is 2. The first-order chi connectivity index (χ1) is 17.1. The number of benzene rings is 1. The molecule has 0 saturated heterocycles. The van der Waals surface area contributed by atoms with Gasteiger partial charge in [0.25, 0.3) is 0 Å². The quantitative estimate of drug-likeness (QED) is 0.122. The molecule has 2 unspecified atom stereocenters. The highest BCUT2D eigenvalue weighted by Gasteiger charge is 2.26. The number of hydrogen-bond acceptors (Lipinski definition) is 9. The lowest BCUT2D eigenvalue weighted by atomic mass is 10.2. The number of carbonyl (C=O) groups is 4. The molecule has 2 N–H and O–H groups in total. The van der Waals surface area contributed by atoms with Gasteiger partial charge < -0.3 is 24.8 Å². The van der Waals surface area contributed by atoms with Crippen LogP contribution < -0.4 is 15.4 Å². The molecule has 0 bridgehead atoms. The fourth-order valence-corrected chi connectivity index (χ4v) is 3.85. The highest BCUT2D eigenvalue weighted by atomic mass is 32.2. The predicted molar refractivity (Wildman–Crippen MR) is 140 cm³/mol. The summed E-state index contributed by atoms with van der Waals surface area (Å²) in [5.41, 5.74) is -0.0922. The monoisotopic (exact) mass is 534 g/mol. The van der Waals surface area contributed by atoms with Gasteiger partial charge in [0.1, 0.15) is 30.0 Å². The summed E-state index contributed by atoms with van der Waals surface area (Å²) < 4.78 is 15.9. The number of ether oxygens (including phenoxy) is 3. The zero-order valence-electron chi connectivity index (χ0n) is 20.4. The van der Waals surface area contributed by atoms with E-state index >= 15 is 0 Å². The Bertz CT molecular complexity index is 963. The molecule has 11 heteroatoms. The van der Waals surface area contributed by atoms with Crippen molar-refractivity contribution < 1.29 is 33.4 Å². The number of carbonyl (C=O) groups excluding carboxylic acids is 4. The number of hydrogen-bond donors (Lipinski definition) is 2. The fraction of sp³-hybridized carbons (Fsp3) is 0.440. The zero-order chi connectivity index (χ0) is 27.0. The van der Waals surface area contributed by atoms with Crippen LogP contribution in [-0.4, -0.2) is 65.1 Å². The van der Waals surface area contributed by atoms with E-state index in [2.05, 4.69) is 22.5 Å². The van der Waals surface area contributed by atoms with Gasteiger partial charge in [-0.05, 0) is 38.5 Å². The van der Waals surface area contributed by atoms with Crippen LogP contribution in [0.25, 0.3) is 0 Å². The molecule has 0 aliphatic rings. The SMILES string of the molecule is C#CCSCC(NC=O)C(=O)OCc1ccc(OC(=O)C(CSCC#C)NC(=O)OC(C)(C)C)cc1. The number of rotatable bonds is 14. The van der Waals surface area contributed by atoms with Crippen molar-refractivity contribution >= 4 is 48.0 Å². The summed E-state index contributed by atoms with van der Waals surface area (Å²) in [4.78, 5) is 47.8. The molecule has 0 saturated carbocycles. The second kappa shape index (κ2) is 16.4. The first-order valence-electron chi connectivity index (χ1n) is 10.8. The van der Waals surface area contributed by atoms with E-state index in [0.717, 1.165) is 0 Å². The van der Waals surface area contributed by atoms with Crippen molar-refractivity contribution in [2.24, 2.45) is 0 Å². The van der Waals surface area contributed by atoms with Crippen LogP contribution in [0.5, 0.6) is 5.75 Å². The van der Waals surface area contributed by atoms with Gasteiger partial charge in [-0.25, -0.2) is 14.4 Å². The number of nitrogens with one attached hydrogen (secondary N) is 2. The van der Waals surface area contributed by atoms with E-state index in [1.165, 1.54) is 35.7 Å². The van der Waals surface area contributed by atoms with Crippen LogP contribution in [0, 0.1) is 24.7 Å². The van der Waals surface area contributed by atoms with Crippen LogP contribution in [0.15, 0.2) is 24.3 Å². The minimum absolute atomic E-state index is 0.0462. The van der Waals surface area contributed by atoms with Gasteiger partial charge in [-0.3, -0.25) is 4.79 Å². The molecule has 36 heavy (non-hydrogen) atoms. The van der Waals surface area contributed by atoms with E-state index < -0.39 is 35.7 Å². The van der Waals surface area contributed by atoms with Crippen molar-refractivity contribution in [1.82, 2.24) is 10.6 Å². The van der Waals surface area contributed by atoms with Gasteiger partial charge >= 0.3 is 18.0 Å². The second-order valence-electron chi connectivity index (χ2n) is 8.15. The average Bonchev–Trinajstić information content (AvgIpc) is 2.81. The number of thioether (sulfide) groups is 2. The first kappa shape index (κ1) is 30.8. The van der Waals surface area contributed by atoms with Crippen molar-refractivity contribution in [3.63, 3.8) is 0 Å². The topological polar surface area (TPSA) is 120 Å². The van der Waals surface area contributed by atoms with E-state index in [1.807, 2.05) is 0 Å². The maximum Gasteiger partial charge on any atom is 0.408 e. The molecular weight excluding hydrogens is 504 g/mol. The normalized spacial score (nSPS) is 12.1. The third-order valence-corrected chi connectivity index (χ3v) is 5.87. The molecule has 0 aromatic heterocycles. The molecular formula is C25H30N2O7S2. The van der Waals surface area contributed by atoms with E-state index in [-0.39, 0.29) is 23.9 Å². The van der Waals surface area contributed by atoms with Crippen LogP contribution in [0.4, 0.5) is 4.79 Å². The Hall–Kier alpha value is -3.28. The lowest BCUT2D eigenvalue weighted by molar-refractivity contribution is -0.147. The summed E-state index contributed by atoms with van der Waals surface area (Å²) in [6.07, 6.45) is 10.1. The summed E-state index contributed by atoms with van der Waals surface area (Å²) in [5.74, 6) is 5.11. The lowest BCUT2D eigenvalue weighted by Gasteiger charge is -2.22. The van der Waals surface area contributed by atoms with Gasteiger partial charge in [-0.1, -0.05) is 24.0 Å². The Morgan fingerprint density at radius 3 is 2.11 bits per heavy atom. The highest BCUT2D eigenvalue weighted by molar-refractivity contribution is 7.99. The average molecular weight is 535 g/mol. The highest BCUT2D eigenvalue weighted by Crippen LogP contribution is 2.16. The van der Waals surface area contributed by atoms with Gasteiger partial charge in [0.15, 0.2) is 0 Å². The number of terminal acetylenes is 2. The van der Waals surface area contributed by atoms with Crippen LogP contribution in [0.3, 0.4) is 0 Å². The minimum Gasteiger partial charge on any atom is -0.459 e. The Morgan fingerprint density at radius 1 is 1.00 bits per heavy atom. The van der Waals surface area contributed by atoms with Crippen LogP contribution in [-0.2, 0) is 30.5 Å². The van der Waals surface area contributed by atoms with Crippen LogP contribution in [0.2, 0.25) is 0 Å². The van der Waals surface area contributed by atoms with E-state index in [4.69, 9.17) is 27.1 Å². The number of amides is 2. The summed E-state index contributed by atoms with van der Waals surface area (Å²) in [5, 5.41) is 4.92. The summed E-state index contributed by atoms with van der Waals surface area (Å²) in [6, 6.07) is 4.51. The third kappa shape index (κ3) is 13.0. The van der Waals surface area contributed by atoms with Crippen molar-refractivity contribution in [1.29, 1.82) is 0 Å². The largest absolute Gasteiger partial charge is 0.459 e. The molecule has 0 fully saturated rings. The fourth-order valence-electron chi connectivity index (χ4n) is 2.45. The summed E-state index contributed by atoms with van der Waals surface area (Å²) >= 11 is 2.61. The maximum atomic E-state index is 12.7. The van der Waals surface area contributed by atoms with Gasteiger partial charge in [-0.2, -0.15) is 0 Å². The van der Waals surface area contributed by atoms with Crippen molar-refractivity contribution in [3.8, 4) is 30.4 Å². The molecule has 2 amide bonds. The van der Waals surface area contributed by atoms with E-state index in [9.17, 15) is 19.2 Å². The molecule has 0 heterocycles. The Morgan fingerprint density at radius 2 is 1.58 bits per heavy atom. The lowest BCUT2D eigenvalue weighted by Crippen LogP contribution is -2.46. The van der Waals surface area contributed by atoms with E-state index in [1.54, 1.807) is 32.9 Å². The molecule has 194 valence electrons. The van der Waals surface area contributed by atoms with Crippen LogP contribution in [0.1, 0.15) is 26.3 Å². The Kier molecular flexibility index (Phi) is 14.0.